The summed E-state index contributed by atoms with van der Waals surface area (Å²) in [5.74, 6) is 0.333. The number of benzene rings is 1. The third-order valence-electron chi connectivity index (χ3n) is 4.93. The highest BCUT2D eigenvalue weighted by Gasteiger charge is 2.25. The van der Waals surface area contributed by atoms with Crippen LogP contribution in [0, 0.1) is 6.92 Å². The van der Waals surface area contributed by atoms with Gasteiger partial charge in [-0.2, -0.15) is 0 Å². The van der Waals surface area contributed by atoms with Crippen LogP contribution < -0.4 is 21.9 Å². The largest absolute Gasteiger partial charge is 0.383 e. The molecule has 9 heteroatoms. The summed E-state index contributed by atoms with van der Waals surface area (Å²) in [5, 5.41) is 0. The Hall–Kier alpha value is -3.62. The molecule has 1 aromatic carbocycles. The maximum Gasteiger partial charge on any atom is 0.330 e. The Morgan fingerprint density at radius 3 is 2.60 bits per heavy atom. The summed E-state index contributed by atoms with van der Waals surface area (Å²) >= 11 is 0. The van der Waals surface area contributed by atoms with Crippen molar-refractivity contribution in [2.45, 2.75) is 46.3 Å². The van der Waals surface area contributed by atoms with Crippen molar-refractivity contribution >= 4 is 17.4 Å². The van der Waals surface area contributed by atoms with Crippen molar-refractivity contribution in [1.82, 2.24) is 19.1 Å². The molecule has 3 aromatic rings. The SMILES string of the molecule is CCCCn1c(N)c(N(Cc2ccccc2)C(=O)Cn2ccnc2C)c(=O)[nH]c1=O. The predicted octanol–water partition coefficient (Wildman–Crippen LogP) is 1.66. The van der Waals surface area contributed by atoms with E-state index in [1.807, 2.05) is 37.3 Å². The van der Waals surface area contributed by atoms with Crippen molar-refractivity contribution in [3.05, 3.63) is 75.0 Å². The number of hydrogen-bond donors (Lipinski definition) is 2. The first kappa shape index (κ1) is 21.1. The highest BCUT2D eigenvalue weighted by molar-refractivity contribution is 5.95. The second kappa shape index (κ2) is 9.25. The van der Waals surface area contributed by atoms with Gasteiger partial charge in [-0.3, -0.25) is 24.0 Å². The Labute approximate surface area is 173 Å². The van der Waals surface area contributed by atoms with Crippen LogP contribution in [0.5, 0.6) is 0 Å². The molecule has 0 saturated heterocycles. The van der Waals surface area contributed by atoms with Gasteiger partial charge >= 0.3 is 5.69 Å². The predicted molar refractivity (Wildman–Crippen MR) is 115 cm³/mol. The summed E-state index contributed by atoms with van der Waals surface area (Å²) < 4.78 is 3.01. The standard InChI is InChI=1S/C21H26N6O3/c1-3-4-11-26-19(22)18(20(29)24-21(26)30)27(13-16-8-6-5-7-9-16)17(28)14-25-12-10-23-15(25)2/h5-10,12H,3-4,11,13-14,22H2,1-2H3,(H,24,29,30). The van der Waals surface area contributed by atoms with E-state index < -0.39 is 11.2 Å². The van der Waals surface area contributed by atoms with Crippen molar-refractivity contribution in [3.8, 4) is 0 Å². The van der Waals surface area contributed by atoms with Gasteiger partial charge in [-0.25, -0.2) is 9.78 Å². The van der Waals surface area contributed by atoms with Crippen LogP contribution in [0.2, 0.25) is 0 Å². The average molecular weight is 410 g/mol. The summed E-state index contributed by atoms with van der Waals surface area (Å²) in [6.07, 6.45) is 4.88. The number of nitrogens with one attached hydrogen (secondary N) is 1. The minimum atomic E-state index is -0.683. The number of imidazole rings is 1. The molecule has 2 heterocycles. The molecule has 3 rings (SSSR count). The lowest BCUT2D eigenvalue weighted by atomic mass is 10.2. The van der Waals surface area contributed by atoms with Crippen LogP contribution in [0.25, 0.3) is 0 Å². The zero-order valence-electron chi connectivity index (χ0n) is 17.2. The minimum absolute atomic E-state index is 0.00830. The Morgan fingerprint density at radius 1 is 1.23 bits per heavy atom. The lowest BCUT2D eigenvalue weighted by Gasteiger charge is -2.25. The molecule has 0 spiro atoms. The van der Waals surface area contributed by atoms with Gasteiger partial charge in [0, 0.05) is 18.9 Å². The molecule has 0 aliphatic heterocycles. The minimum Gasteiger partial charge on any atom is -0.383 e. The van der Waals surface area contributed by atoms with E-state index in [9.17, 15) is 14.4 Å². The summed E-state index contributed by atoms with van der Waals surface area (Å²) in [5.41, 5.74) is 5.81. The highest BCUT2D eigenvalue weighted by atomic mass is 16.2. The number of nitrogens with two attached hydrogens (primary N) is 1. The van der Waals surface area contributed by atoms with E-state index in [2.05, 4.69) is 9.97 Å². The molecule has 0 aliphatic rings. The fraction of sp³-hybridized carbons (Fsp3) is 0.333. The van der Waals surface area contributed by atoms with E-state index in [4.69, 9.17) is 5.73 Å². The molecule has 0 bridgehead atoms. The topological polar surface area (TPSA) is 119 Å². The van der Waals surface area contributed by atoms with E-state index in [1.165, 1.54) is 9.47 Å². The maximum absolute atomic E-state index is 13.3. The Bertz CT molecular complexity index is 1130. The first-order chi connectivity index (χ1) is 14.4. The summed E-state index contributed by atoms with van der Waals surface area (Å²) in [6.45, 7) is 4.28. The van der Waals surface area contributed by atoms with Crippen LogP contribution in [0.15, 0.2) is 52.3 Å². The number of hydrogen-bond acceptors (Lipinski definition) is 5. The second-order valence-corrected chi connectivity index (χ2v) is 7.07. The fourth-order valence-electron chi connectivity index (χ4n) is 3.24. The van der Waals surface area contributed by atoms with Gasteiger partial charge in [-0.1, -0.05) is 43.7 Å². The van der Waals surface area contributed by atoms with E-state index >= 15 is 0 Å². The van der Waals surface area contributed by atoms with Crippen LogP contribution in [-0.2, 0) is 24.4 Å². The van der Waals surface area contributed by atoms with Gasteiger partial charge in [0.2, 0.25) is 5.91 Å². The molecule has 2 aromatic heterocycles. The van der Waals surface area contributed by atoms with E-state index in [-0.39, 0.29) is 30.5 Å². The Balaban J connectivity index is 2.07. The van der Waals surface area contributed by atoms with Gasteiger partial charge in [0.25, 0.3) is 5.56 Å². The smallest absolute Gasteiger partial charge is 0.330 e. The number of carbonyl (C=O) groups is 1. The van der Waals surface area contributed by atoms with Crippen LogP contribution in [0.3, 0.4) is 0 Å². The zero-order valence-corrected chi connectivity index (χ0v) is 17.2. The number of aromatic nitrogens is 4. The number of unbranched alkanes of at least 4 members (excludes halogenated alkanes) is 1. The molecule has 0 atom stereocenters. The lowest BCUT2D eigenvalue weighted by molar-refractivity contribution is -0.119. The number of carbonyl (C=O) groups excluding carboxylic acids is 1. The van der Waals surface area contributed by atoms with Gasteiger partial charge in [0.05, 0.1) is 6.54 Å². The van der Waals surface area contributed by atoms with Crippen molar-refractivity contribution in [2.24, 2.45) is 0 Å². The number of amides is 1. The molecule has 0 unspecified atom stereocenters. The molecule has 9 nitrogen and oxygen atoms in total. The van der Waals surface area contributed by atoms with Crippen molar-refractivity contribution in [2.75, 3.05) is 10.6 Å². The maximum atomic E-state index is 13.3. The van der Waals surface area contributed by atoms with E-state index in [0.717, 1.165) is 18.4 Å². The molecular weight excluding hydrogens is 384 g/mol. The van der Waals surface area contributed by atoms with Gasteiger partial charge in [0.15, 0.2) is 5.69 Å². The number of rotatable bonds is 8. The van der Waals surface area contributed by atoms with Crippen molar-refractivity contribution < 1.29 is 4.79 Å². The number of aryl methyl sites for hydroxylation is 1. The quantitative estimate of drug-likeness (QED) is 0.585. The fourth-order valence-corrected chi connectivity index (χ4v) is 3.24. The number of nitrogens with zero attached hydrogens (tertiary/aromatic N) is 4. The van der Waals surface area contributed by atoms with Crippen molar-refractivity contribution in [1.29, 1.82) is 0 Å². The van der Waals surface area contributed by atoms with E-state index in [0.29, 0.717) is 12.4 Å². The number of nitrogen functional groups attached to an aromatic ring is 1. The molecule has 1 amide bonds. The Morgan fingerprint density at radius 2 is 1.97 bits per heavy atom. The Kier molecular flexibility index (Phi) is 6.51. The highest BCUT2D eigenvalue weighted by Crippen LogP contribution is 2.20. The molecule has 0 radical (unpaired) electrons. The number of aromatic amines is 1. The van der Waals surface area contributed by atoms with Crippen LogP contribution in [0.4, 0.5) is 11.5 Å². The molecule has 30 heavy (non-hydrogen) atoms. The van der Waals surface area contributed by atoms with Gasteiger partial charge in [-0.15, -0.1) is 0 Å². The summed E-state index contributed by atoms with van der Waals surface area (Å²) in [6, 6.07) is 9.30. The third-order valence-corrected chi connectivity index (χ3v) is 4.93. The normalized spacial score (nSPS) is 10.9. The average Bonchev–Trinajstić information content (AvgIpc) is 3.12. The number of anilines is 2. The third kappa shape index (κ3) is 4.51. The monoisotopic (exact) mass is 410 g/mol. The summed E-state index contributed by atoms with van der Waals surface area (Å²) in [7, 11) is 0. The lowest BCUT2D eigenvalue weighted by Crippen LogP contribution is -2.42. The van der Waals surface area contributed by atoms with Crippen LogP contribution >= 0.6 is 0 Å². The molecule has 0 saturated carbocycles. The van der Waals surface area contributed by atoms with Gasteiger partial charge < -0.3 is 10.3 Å². The zero-order chi connectivity index (χ0) is 21.7. The van der Waals surface area contributed by atoms with Crippen LogP contribution in [-0.4, -0.2) is 25.0 Å². The first-order valence-corrected chi connectivity index (χ1v) is 9.87. The summed E-state index contributed by atoms with van der Waals surface area (Å²) in [4.78, 5) is 46.1. The van der Waals surface area contributed by atoms with Crippen molar-refractivity contribution in [3.63, 3.8) is 0 Å². The molecular formula is C21H26N6O3. The first-order valence-electron chi connectivity index (χ1n) is 9.87. The second-order valence-electron chi connectivity index (χ2n) is 7.07. The molecule has 0 fully saturated rings. The number of H-pyrrole nitrogens is 1. The molecule has 0 aliphatic carbocycles. The molecule has 158 valence electrons. The van der Waals surface area contributed by atoms with E-state index in [1.54, 1.807) is 23.9 Å². The van der Waals surface area contributed by atoms with Crippen LogP contribution in [0.1, 0.15) is 31.2 Å². The van der Waals surface area contributed by atoms with Gasteiger partial charge in [-0.05, 0) is 18.9 Å². The molecule has 3 N–H and O–H groups in total. The van der Waals surface area contributed by atoms with Gasteiger partial charge in [0.1, 0.15) is 18.2 Å².